The van der Waals surface area contributed by atoms with Crippen molar-refractivity contribution in [1.82, 2.24) is 0 Å². The fourth-order valence-corrected chi connectivity index (χ4v) is 4.22. The molecule has 0 saturated heterocycles. The summed E-state index contributed by atoms with van der Waals surface area (Å²) in [5, 5.41) is 0. The first kappa shape index (κ1) is 35.7. The Morgan fingerprint density at radius 3 is 1.10 bits per heavy atom. The molecule has 0 atom stereocenters. The third-order valence-corrected chi connectivity index (χ3v) is 5.42. The van der Waals surface area contributed by atoms with Crippen LogP contribution in [-0.4, -0.2) is 0 Å². The number of hydrogen-bond acceptors (Lipinski definition) is 0. The van der Waals surface area contributed by atoms with Crippen LogP contribution in [-0.2, 0) is 64.7 Å². The first-order valence-corrected chi connectivity index (χ1v) is 12.2. The molecule has 2 aromatic rings. The second kappa shape index (κ2) is 22.0. The summed E-state index contributed by atoms with van der Waals surface area (Å²) in [7, 11) is 0. The van der Waals surface area contributed by atoms with Crippen molar-refractivity contribution >= 4 is 0 Å². The van der Waals surface area contributed by atoms with Gasteiger partial charge in [0, 0.05) is 0 Å². The van der Waals surface area contributed by atoms with E-state index < -0.39 is 0 Å². The molecule has 0 aromatic heterocycles. The van der Waals surface area contributed by atoms with Gasteiger partial charge in [-0.05, 0) is 0 Å². The second-order valence-electron chi connectivity index (χ2n) is 8.33. The summed E-state index contributed by atoms with van der Waals surface area (Å²) in [5.74, 6) is 0. The zero-order valence-electron chi connectivity index (χ0n) is 21.1. The molecule has 0 aliphatic heterocycles. The Bertz CT molecular complexity index is 536. The van der Waals surface area contributed by atoms with Crippen molar-refractivity contribution in [2.45, 2.75) is 119 Å². The monoisotopic (exact) mass is 542 g/mol. The van der Waals surface area contributed by atoms with Crippen LogP contribution in [0.15, 0.2) is 24.3 Å². The molecule has 31 heavy (non-hydrogen) atoms. The van der Waals surface area contributed by atoms with Gasteiger partial charge in [0.25, 0.3) is 0 Å². The standard InChI is InChI=1S/2C14H23.2ClH.Zr/c2*1-4-7-12-10-13(8-5-2)14(11-12)9-6-3;;;/h2*10-11H,4-9H2,1-3H3;2*1H;/q2*-1;;;+4/p-2. The predicted molar refractivity (Wildman–Crippen MR) is 128 cm³/mol. The second-order valence-corrected chi connectivity index (χ2v) is 8.33. The van der Waals surface area contributed by atoms with Crippen molar-refractivity contribution in [3.05, 3.63) is 57.6 Å². The SMILES string of the molecule is CCCc1cc(CCC)[c-](CCC)c1.CCCc1cc(CCC)[c-](CCC)c1.[Cl-].[Cl-].[Zr+4]. The summed E-state index contributed by atoms with van der Waals surface area (Å²) in [6.07, 6.45) is 15.2. The van der Waals surface area contributed by atoms with Crippen LogP contribution in [0.4, 0.5) is 0 Å². The summed E-state index contributed by atoms with van der Waals surface area (Å²) < 4.78 is 0. The number of halogens is 2. The van der Waals surface area contributed by atoms with Gasteiger partial charge in [0.15, 0.2) is 0 Å². The van der Waals surface area contributed by atoms with Crippen molar-refractivity contribution in [3.8, 4) is 0 Å². The Kier molecular flexibility index (Phi) is 25.3. The zero-order chi connectivity index (χ0) is 20.8. The number of aryl methyl sites for hydroxylation is 6. The molecule has 0 amide bonds. The van der Waals surface area contributed by atoms with Gasteiger partial charge in [0.1, 0.15) is 0 Å². The molecule has 0 bridgehead atoms. The van der Waals surface area contributed by atoms with Crippen molar-refractivity contribution in [1.29, 1.82) is 0 Å². The molecule has 0 aliphatic carbocycles. The molecule has 176 valence electrons. The molecule has 0 fully saturated rings. The Labute approximate surface area is 226 Å². The molecule has 0 saturated carbocycles. The van der Waals surface area contributed by atoms with Crippen LogP contribution in [0.1, 0.15) is 113 Å². The van der Waals surface area contributed by atoms with Crippen molar-refractivity contribution < 1.29 is 51.0 Å². The maximum atomic E-state index is 2.43. The topological polar surface area (TPSA) is 0 Å². The largest absolute Gasteiger partial charge is 4.00 e. The third-order valence-electron chi connectivity index (χ3n) is 5.42. The van der Waals surface area contributed by atoms with Crippen LogP contribution in [0.5, 0.6) is 0 Å². The van der Waals surface area contributed by atoms with Gasteiger partial charge < -0.3 is 24.8 Å². The average Bonchev–Trinajstić information content (AvgIpc) is 3.22. The molecular formula is C28H46Cl2Zr. The van der Waals surface area contributed by atoms with Crippen LogP contribution in [0.2, 0.25) is 0 Å². The zero-order valence-corrected chi connectivity index (χ0v) is 25.0. The Morgan fingerprint density at radius 1 is 0.516 bits per heavy atom. The minimum absolute atomic E-state index is 0. The van der Waals surface area contributed by atoms with E-state index in [0.29, 0.717) is 0 Å². The van der Waals surface area contributed by atoms with Crippen LogP contribution >= 0.6 is 0 Å². The van der Waals surface area contributed by atoms with Crippen molar-refractivity contribution in [2.24, 2.45) is 0 Å². The molecule has 0 spiro atoms. The van der Waals surface area contributed by atoms with E-state index >= 15 is 0 Å². The van der Waals surface area contributed by atoms with E-state index in [-0.39, 0.29) is 51.0 Å². The fraction of sp³-hybridized carbons (Fsp3) is 0.643. The van der Waals surface area contributed by atoms with Crippen LogP contribution in [0, 0.1) is 0 Å². The molecule has 0 heterocycles. The van der Waals surface area contributed by atoms with Gasteiger partial charge in [-0.1, -0.05) is 119 Å². The van der Waals surface area contributed by atoms with Crippen molar-refractivity contribution in [3.63, 3.8) is 0 Å². The fourth-order valence-electron chi connectivity index (χ4n) is 4.22. The van der Waals surface area contributed by atoms with Crippen molar-refractivity contribution in [2.75, 3.05) is 0 Å². The van der Waals surface area contributed by atoms with E-state index in [4.69, 9.17) is 0 Å². The minimum Gasteiger partial charge on any atom is -1.00 e. The summed E-state index contributed by atoms with van der Waals surface area (Å²) in [5.41, 5.74) is 9.55. The Hall–Kier alpha value is 0.163. The number of rotatable bonds is 12. The molecule has 2 aromatic carbocycles. The summed E-state index contributed by atoms with van der Waals surface area (Å²) in [4.78, 5) is 0. The average molecular weight is 545 g/mol. The summed E-state index contributed by atoms with van der Waals surface area (Å²) in [6.45, 7) is 13.6. The molecule has 0 N–H and O–H groups in total. The smallest absolute Gasteiger partial charge is 1.00 e. The van der Waals surface area contributed by atoms with Crippen LogP contribution in [0.3, 0.4) is 0 Å². The van der Waals surface area contributed by atoms with Gasteiger partial charge in [-0.15, -0.1) is 0 Å². The summed E-state index contributed by atoms with van der Waals surface area (Å²) >= 11 is 0. The quantitative estimate of drug-likeness (QED) is 0.361. The van der Waals surface area contributed by atoms with E-state index in [1.807, 2.05) is 0 Å². The minimum atomic E-state index is 0. The maximum absolute atomic E-state index is 2.43. The van der Waals surface area contributed by atoms with E-state index in [9.17, 15) is 0 Å². The number of hydrogen-bond donors (Lipinski definition) is 0. The normalized spacial score (nSPS) is 9.74. The molecule has 0 unspecified atom stereocenters. The van der Waals surface area contributed by atoms with Crippen LogP contribution in [0.25, 0.3) is 0 Å². The molecular weight excluding hydrogens is 498 g/mol. The molecule has 0 nitrogen and oxygen atoms in total. The van der Waals surface area contributed by atoms with E-state index in [1.165, 1.54) is 77.0 Å². The van der Waals surface area contributed by atoms with Gasteiger partial charge in [-0.2, -0.15) is 45.5 Å². The predicted octanol–water partition coefficient (Wildman–Crippen LogP) is 2.53. The van der Waals surface area contributed by atoms with Crippen LogP contribution < -0.4 is 24.8 Å². The molecule has 3 heteroatoms. The Morgan fingerprint density at radius 2 is 0.839 bits per heavy atom. The van der Waals surface area contributed by atoms with Gasteiger partial charge in [-0.3, -0.25) is 0 Å². The van der Waals surface area contributed by atoms with Gasteiger partial charge >= 0.3 is 26.2 Å². The van der Waals surface area contributed by atoms with Gasteiger partial charge in [0.05, 0.1) is 0 Å². The van der Waals surface area contributed by atoms with Gasteiger partial charge in [-0.25, -0.2) is 12.1 Å². The molecule has 0 aliphatic rings. The first-order valence-electron chi connectivity index (χ1n) is 12.2. The molecule has 0 radical (unpaired) electrons. The first-order chi connectivity index (χ1) is 13.6. The van der Waals surface area contributed by atoms with Gasteiger partial charge in [0.2, 0.25) is 0 Å². The molecule has 2 rings (SSSR count). The maximum Gasteiger partial charge on any atom is 4.00 e. The summed E-state index contributed by atoms with van der Waals surface area (Å²) in [6, 6.07) is 9.71. The Balaban J connectivity index is -0.000000461. The van der Waals surface area contributed by atoms with E-state index in [1.54, 1.807) is 33.4 Å². The third kappa shape index (κ3) is 13.5. The van der Waals surface area contributed by atoms with E-state index in [0.717, 1.165) is 0 Å². The van der Waals surface area contributed by atoms with E-state index in [2.05, 4.69) is 65.8 Å².